The molecule has 0 radical (unpaired) electrons. The van der Waals surface area contributed by atoms with Crippen LogP contribution in [0.4, 0.5) is 0 Å². The zero-order valence-electron chi connectivity index (χ0n) is 11.2. The molecule has 0 amide bonds. The molecule has 5 nitrogen and oxygen atoms in total. The van der Waals surface area contributed by atoms with Crippen LogP contribution in [0.2, 0.25) is 0 Å². The summed E-state index contributed by atoms with van der Waals surface area (Å²) in [7, 11) is 1.69. The number of allylic oxidation sites excluding steroid dienone is 1. The van der Waals surface area contributed by atoms with Gasteiger partial charge in [0.15, 0.2) is 0 Å². The molecule has 2 atom stereocenters. The second-order valence-corrected chi connectivity index (χ2v) is 4.75. The van der Waals surface area contributed by atoms with Crippen LogP contribution in [-0.2, 0) is 10.3 Å². The van der Waals surface area contributed by atoms with E-state index in [1.807, 2.05) is 12.2 Å². The summed E-state index contributed by atoms with van der Waals surface area (Å²) in [6.45, 7) is 4.13. The molecule has 18 heavy (non-hydrogen) atoms. The van der Waals surface area contributed by atoms with Gasteiger partial charge in [0.2, 0.25) is 11.7 Å². The lowest BCUT2D eigenvalue weighted by Crippen LogP contribution is -2.28. The highest BCUT2D eigenvalue weighted by atomic mass is 16.5. The fraction of sp³-hybridized carbons (Fsp3) is 0.692. The summed E-state index contributed by atoms with van der Waals surface area (Å²) in [5, 5.41) is 4.09. The number of hydrogen-bond donors (Lipinski definition) is 1. The van der Waals surface area contributed by atoms with E-state index in [2.05, 4.69) is 24.0 Å². The Hall–Kier alpha value is -1.20. The predicted molar refractivity (Wildman–Crippen MR) is 68.0 cm³/mol. The molecular weight excluding hydrogens is 230 g/mol. The minimum absolute atomic E-state index is 0.0925. The third-order valence-electron chi connectivity index (χ3n) is 3.82. The van der Waals surface area contributed by atoms with Crippen molar-refractivity contribution in [3.8, 4) is 0 Å². The SMILES string of the molecule is CCC(CC)(OC)c1noc(C2C=CC(N)C2)n1. The van der Waals surface area contributed by atoms with Crippen LogP contribution in [0.1, 0.15) is 50.7 Å². The maximum atomic E-state index is 5.83. The monoisotopic (exact) mass is 251 g/mol. The maximum Gasteiger partial charge on any atom is 0.233 e. The van der Waals surface area contributed by atoms with Gasteiger partial charge in [0.1, 0.15) is 5.60 Å². The summed E-state index contributed by atoms with van der Waals surface area (Å²) < 4.78 is 11.0. The lowest BCUT2D eigenvalue weighted by molar-refractivity contribution is -0.0306. The molecule has 100 valence electrons. The maximum absolute atomic E-state index is 5.83. The van der Waals surface area contributed by atoms with Gasteiger partial charge < -0.3 is 15.0 Å². The van der Waals surface area contributed by atoms with Crippen LogP contribution in [0.3, 0.4) is 0 Å². The quantitative estimate of drug-likeness (QED) is 0.811. The molecular formula is C13H21N3O2. The highest BCUT2D eigenvalue weighted by Crippen LogP contribution is 2.33. The number of rotatable bonds is 5. The number of ether oxygens (including phenoxy) is 1. The molecule has 2 N–H and O–H groups in total. The molecule has 5 heteroatoms. The molecule has 1 aromatic heterocycles. The second-order valence-electron chi connectivity index (χ2n) is 4.75. The first-order chi connectivity index (χ1) is 8.65. The van der Waals surface area contributed by atoms with Gasteiger partial charge in [0.25, 0.3) is 0 Å². The van der Waals surface area contributed by atoms with E-state index in [9.17, 15) is 0 Å². The molecule has 1 heterocycles. The van der Waals surface area contributed by atoms with Crippen molar-refractivity contribution in [1.82, 2.24) is 10.1 Å². The number of hydrogen-bond acceptors (Lipinski definition) is 5. The van der Waals surface area contributed by atoms with Crippen molar-refractivity contribution in [3.05, 3.63) is 23.9 Å². The lowest BCUT2D eigenvalue weighted by Gasteiger charge is -2.25. The van der Waals surface area contributed by atoms with Gasteiger partial charge >= 0.3 is 0 Å². The fourth-order valence-corrected chi connectivity index (χ4v) is 2.43. The fourth-order valence-electron chi connectivity index (χ4n) is 2.43. The topological polar surface area (TPSA) is 74.2 Å². The Labute approximate surface area is 107 Å². The number of nitrogens with zero attached hydrogens (tertiary/aromatic N) is 2. The van der Waals surface area contributed by atoms with Crippen LogP contribution in [-0.4, -0.2) is 23.3 Å². The first kappa shape index (κ1) is 13.2. The largest absolute Gasteiger partial charge is 0.370 e. The molecule has 1 aromatic rings. The zero-order valence-corrected chi connectivity index (χ0v) is 11.2. The average molecular weight is 251 g/mol. The molecule has 0 bridgehead atoms. The Morgan fingerprint density at radius 2 is 2.17 bits per heavy atom. The van der Waals surface area contributed by atoms with Gasteiger partial charge in [-0.25, -0.2) is 0 Å². The normalized spacial score (nSPS) is 23.8. The van der Waals surface area contributed by atoms with Crippen molar-refractivity contribution in [2.45, 2.75) is 50.7 Å². The summed E-state index contributed by atoms with van der Waals surface area (Å²) in [5.74, 6) is 1.42. The lowest BCUT2D eigenvalue weighted by atomic mass is 9.96. The molecule has 0 saturated heterocycles. The summed E-state index contributed by atoms with van der Waals surface area (Å²) in [5.41, 5.74) is 5.39. The van der Waals surface area contributed by atoms with E-state index in [0.717, 1.165) is 19.3 Å². The Bertz CT molecular complexity index is 415. The first-order valence-electron chi connectivity index (χ1n) is 6.48. The number of nitrogens with two attached hydrogens (primary N) is 1. The molecule has 0 aliphatic heterocycles. The molecule has 0 saturated carbocycles. The first-order valence-corrected chi connectivity index (χ1v) is 6.48. The third-order valence-corrected chi connectivity index (χ3v) is 3.82. The van der Waals surface area contributed by atoms with Crippen molar-refractivity contribution >= 4 is 0 Å². The molecule has 1 aliphatic rings. The van der Waals surface area contributed by atoms with Gasteiger partial charge in [-0.15, -0.1) is 0 Å². The Morgan fingerprint density at radius 3 is 2.67 bits per heavy atom. The molecule has 2 unspecified atom stereocenters. The van der Waals surface area contributed by atoms with Crippen molar-refractivity contribution in [3.63, 3.8) is 0 Å². The Kier molecular flexibility index (Phi) is 3.82. The van der Waals surface area contributed by atoms with E-state index in [-0.39, 0.29) is 12.0 Å². The van der Waals surface area contributed by atoms with E-state index in [4.69, 9.17) is 15.0 Å². The highest BCUT2D eigenvalue weighted by Gasteiger charge is 2.35. The van der Waals surface area contributed by atoms with Crippen LogP contribution in [0.25, 0.3) is 0 Å². The summed E-state index contributed by atoms with van der Waals surface area (Å²) >= 11 is 0. The molecule has 0 aromatic carbocycles. The third kappa shape index (κ3) is 2.20. The van der Waals surface area contributed by atoms with Crippen molar-refractivity contribution in [1.29, 1.82) is 0 Å². The number of methoxy groups -OCH3 is 1. The van der Waals surface area contributed by atoms with Gasteiger partial charge in [-0.05, 0) is 19.3 Å². The number of aromatic nitrogens is 2. The van der Waals surface area contributed by atoms with Crippen LogP contribution in [0.15, 0.2) is 16.7 Å². The molecule has 1 aliphatic carbocycles. The smallest absolute Gasteiger partial charge is 0.233 e. The Morgan fingerprint density at radius 1 is 1.44 bits per heavy atom. The summed E-state index contributed by atoms with van der Waals surface area (Å²) in [6, 6.07) is 0.0925. The average Bonchev–Trinajstić information content (AvgIpc) is 3.01. The standard InChI is InChI=1S/C13H21N3O2/c1-4-13(5-2,17-3)12-15-11(18-16-12)9-6-7-10(14)8-9/h6-7,9-10H,4-5,8,14H2,1-3H3. The van der Waals surface area contributed by atoms with Gasteiger partial charge in [0, 0.05) is 13.2 Å². The van der Waals surface area contributed by atoms with Gasteiger partial charge in [0.05, 0.1) is 5.92 Å². The Balaban J connectivity index is 2.22. The minimum atomic E-state index is -0.438. The van der Waals surface area contributed by atoms with E-state index < -0.39 is 5.60 Å². The predicted octanol–water partition coefficient (Wildman–Crippen LogP) is 2.10. The van der Waals surface area contributed by atoms with Gasteiger partial charge in [-0.1, -0.05) is 31.2 Å². The van der Waals surface area contributed by atoms with E-state index in [1.165, 1.54) is 0 Å². The van der Waals surface area contributed by atoms with Crippen LogP contribution in [0.5, 0.6) is 0 Å². The van der Waals surface area contributed by atoms with Crippen LogP contribution < -0.4 is 5.73 Å². The van der Waals surface area contributed by atoms with Crippen molar-refractivity contribution < 1.29 is 9.26 Å². The van der Waals surface area contributed by atoms with Crippen LogP contribution in [0, 0.1) is 0 Å². The second kappa shape index (κ2) is 5.20. The van der Waals surface area contributed by atoms with E-state index in [0.29, 0.717) is 11.7 Å². The van der Waals surface area contributed by atoms with Crippen LogP contribution >= 0.6 is 0 Å². The van der Waals surface area contributed by atoms with Crippen molar-refractivity contribution in [2.24, 2.45) is 5.73 Å². The zero-order chi connectivity index (χ0) is 13.2. The highest BCUT2D eigenvalue weighted by molar-refractivity contribution is 5.16. The molecule has 2 rings (SSSR count). The van der Waals surface area contributed by atoms with Gasteiger partial charge in [-0.2, -0.15) is 4.98 Å². The summed E-state index contributed by atoms with van der Waals surface area (Å²) in [6.07, 6.45) is 6.49. The van der Waals surface area contributed by atoms with Crippen molar-refractivity contribution in [2.75, 3.05) is 7.11 Å². The van der Waals surface area contributed by atoms with E-state index >= 15 is 0 Å². The molecule has 0 fully saturated rings. The summed E-state index contributed by atoms with van der Waals surface area (Å²) in [4.78, 5) is 4.50. The van der Waals surface area contributed by atoms with Gasteiger partial charge in [-0.3, -0.25) is 0 Å². The minimum Gasteiger partial charge on any atom is -0.370 e. The molecule has 0 spiro atoms. The van der Waals surface area contributed by atoms with E-state index in [1.54, 1.807) is 7.11 Å².